The Morgan fingerprint density at radius 2 is 1.80 bits per heavy atom. The molecule has 6 nitrogen and oxygen atoms in total. The lowest BCUT2D eigenvalue weighted by Gasteiger charge is -2.10. The Bertz CT molecular complexity index is 800. The van der Waals surface area contributed by atoms with Gasteiger partial charge in [-0.2, -0.15) is 9.97 Å². The van der Waals surface area contributed by atoms with E-state index in [0.29, 0.717) is 37.7 Å². The molecule has 0 bridgehead atoms. The lowest BCUT2D eigenvalue weighted by Crippen LogP contribution is -2.01. The molecular formula is C11H7Cl3N6. The molecule has 0 spiro atoms. The topological polar surface area (TPSA) is 92.5 Å². The average Bonchev–Trinajstić information content (AvgIpc) is 2.84. The number of hydrogen-bond acceptors (Lipinski definition) is 5. The first kappa shape index (κ1) is 13.2. The Balaban J connectivity index is 2.09. The van der Waals surface area contributed by atoms with Crippen LogP contribution < -0.4 is 11.1 Å². The van der Waals surface area contributed by atoms with Gasteiger partial charge in [-0.1, -0.05) is 34.8 Å². The molecule has 3 aromatic rings. The number of nitrogens with zero attached hydrogens (tertiary/aromatic N) is 3. The molecule has 0 radical (unpaired) electrons. The molecule has 0 aliphatic heterocycles. The molecule has 20 heavy (non-hydrogen) atoms. The van der Waals surface area contributed by atoms with Crippen molar-refractivity contribution < 1.29 is 0 Å². The molecule has 0 unspecified atom stereocenters. The molecule has 0 aliphatic rings. The van der Waals surface area contributed by atoms with Crippen molar-refractivity contribution >= 4 is 63.4 Å². The van der Waals surface area contributed by atoms with E-state index < -0.39 is 0 Å². The second-order valence-electron chi connectivity index (χ2n) is 3.90. The molecular weight excluding hydrogens is 323 g/mol. The van der Waals surface area contributed by atoms with E-state index in [9.17, 15) is 0 Å². The number of aromatic amines is 1. The number of nitrogen functional groups attached to an aromatic ring is 1. The van der Waals surface area contributed by atoms with Gasteiger partial charge in [-0.3, -0.25) is 0 Å². The van der Waals surface area contributed by atoms with Crippen molar-refractivity contribution in [3.63, 3.8) is 0 Å². The van der Waals surface area contributed by atoms with E-state index >= 15 is 0 Å². The Hall–Kier alpha value is -1.76. The molecule has 0 aliphatic carbocycles. The second kappa shape index (κ2) is 4.97. The average molecular weight is 330 g/mol. The SMILES string of the molecule is Nc1nc(Nc2cc(Cl)c(Cl)cc2Cl)c2[nH]cnc2n1. The summed E-state index contributed by atoms with van der Waals surface area (Å²) in [6.45, 7) is 0. The number of benzene rings is 1. The van der Waals surface area contributed by atoms with E-state index in [1.165, 1.54) is 6.33 Å². The Kier molecular flexibility index (Phi) is 3.29. The molecule has 9 heteroatoms. The van der Waals surface area contributed by atoms with Gasteiger partial charge in [0.15, 0.2) is 11.5 Å². The summed E-state index contributed by atoms with van der Waals surface area (Å²) in [7, 11) is 0. The molecule has 2 heterocycles. The summed E-state index contributed by atoms with van der Waals surface area (Å²) in [4.78, 5) is 15.1. The normalized spacial score (nSPS) is 10.9. The number of hydrogen-bond donors (Lipinski definition) is 3. The fourth-order valence-electron chi connectivity index (χ4n) is 1.69. The molecule has 3 rings (SSSR count). The van der Waals surface area contributed by atoms with Crippen LogP contribution in [0.3, 0.4) is 0 Å². The van der Waals surface area contributed by atoms with Crippen LogP contribution in [0, 0.1) is 0 Å². The third-order valence-electron chi connectivity index (χ3n) is 2.57. The number of aromatic nitrogens is 4. The molecule has 0 amide bonds. The van der Waals surface area contributed by atoms with Gasteiger partial charge in [0.1, 0.15) is 5.52 Å². The van der Waals surface area contributed by atoms with Crippen molar-refractivity contribution in [2.45, 2.75) is 0 Å². The van der Waals surface area contributed by atoms with Crippen LogP contribution in [0.5, 0.6) is 0 Å². The van der Waals surface area contributed by atoms with Crippen molar-refractivity contribution in [3.05, 3.63) is 33.5 Å². The highest BCUT2D eigenvalue weighted by molar-refractivity contribution is 6.44. The molecule has 4 N–H and O–H groups in total. The number of nitrogens with two attached hydrogens (primary N) is 1. The summed E-state index contributed by atoms with van der Waals surface area (Å²) in [5.41, 5.74) is 7.25. The molecule has 0 atom stereocenters. The number of anilines is 3. The van der Waals surface area contributed by atoms with E-state index in [1.807, 2.05) is 0 Å². The van der Waals surface area contributed by atoms with E-state index in [2.05, 4.69) is 25.3 Å². The first-order valence-electron chi connectivity index (χ1n) is 5.43. The van der Waals surface area contributed by atoms with Crippen molar-refractivity contribution in [2.24, 2.45) is 0 Å². The fraction of sp³-hybridized carbons (Fsp3) is 0. The van der Waals surface area contributed by atoms with Crippen molar-refractivity contribution in [3.8, 4) is 0 Å². The van der Waals surface area contributed by atoms with E-state index in [1.54, 1.807) is 12.1 Å². The number of rotatable bonds is 2. The van der Waals surface area contributed by atoms with Gasteiger partial charge in [0.25, 0.3) is 0 Å². The van der Waals surface area contributed by atoms with Gasteiger partial charge < -0.3 is 16.0 Å². The highest BCUT2D eigenvalue weighted by Crippen LogP contribution is 2.34. The minimum Gasteiger partial charge on any atom is -0.368 e. The van der Waals surface area contributed by atoms with Crippen molar-refractivity contribution in [2.75, 3.05) is 11.1 Å². The maximum absolute atomic E-state index is 6.11. The first-order chi connectivity index (χ1) is 9.54. The van der Waals surface area contributed by atoms with Crippen LogP contribution in [0.2, 0.25) is 15.1 Å². The van der Waals surface area contributed by atoms with Crippen LogP contribution in [-0.2, 0) is 0 Å². The van der Waals surface area contributed by atoms with Crippen LogP contribution in [0.25, 0.3) is 11.2 Å². The molecule has 2 aromatic heterocycles. The first-order valence-corrected chi connectivity index (χ1v) is 6.56. The molecule has 0 fully saturated rings. The summed E-state index contributed by atoms with van der Waals surface area (Å²) < 4.78 is 0. The maximum atomic E-state index is 6.11. The van der Waals surface area contributed by atoms with Gasteiger partial charge >= 0.3 is 0 Å². The number of halogens is 3. The Morgan fingerprint density at radius 1 is 1.05 bits per heavy atom. The van der Waals surface area contributed by atoms with Crippen molar-refractivity contribution in [1.82, 2.24) is 19.9 Å². The lowest BCUT2D eigenvalue weighted by atomic mass is 10.3. The quantitative estimate of drug-likeness (QED) is 0.624. The molecule has 0 saturated heterocycles. The predicted octanol–water partition coefficient (Wildman–Crippen LogP) is 3.64. The number of H-pyrrole nitrogens is 1. The summed E-state index contributed by atoms with van der Waals surface area (Å²) in [6.07, 6.45) is 1.50. The second-order valence-corrected chi connectivity index (χ2v) is 5.12. The van der Waals surface area contributed by atoms with Gasteiger partial charge in [0, 0.05) is 0 Å². The Morgan fingerprint density at radius 3 is 2.60 bits per heavy atom. The van der Waals surface area contributed by atoms with E-state index in [-0.39, 0.29) is 5.95 Å². The van der Waals surface area contributed by atoms with E-state index in [0.717, 1.165) is 0 Å². The van der Waals surface area contributed by atoms with Crippen LogP contribution in [0.1, 0.15) is 0 Å². The zero-order chi connectivity index (χ0) is 14.3. The molecule has 102 valence electrons. The standard InChI is InChI=1S/C11H7Cl3N6/c12-4-1-6(14)7(2-5(4)13)18-10-8-9(17-3-16-8)19-11(15)20-10/h1-3H,(H4,15,16,17,18,19,20). The lowest BCUT2D eigenvalue weighted by molar-refractivity contribution is 1.21. The molecule has 1 aromatic carbocycles. The number of nitrogens with one attached hydrogen (secondary N) is 2. The van der Waals surface area contributed by atoms with Gasteiger partial charge in [0.2, 0.25) is 5.95 Å². The van der Waals surface area contributed by atoms with Gasteiger partial charge in [-0.05, 0) is 12.1 Å². The Labute approximate surface area is 128 Å². The minimum atomic E-state index is 0.100. The monoisotopic (exact) mass is 328 g/mol. The zero-order valence-electron chi connectivity index (χ0n) is 9.78. The third kappa shape index (κ3) is 2.33. The maximum Gasteiger partial charge on any atom is 0.224 e. The van der Waals surface area contributed by atoms with Crippen LogP contribution in [0.15, 0.2) is 18.5 Å². The minimum absolute atomic E-state index is 0.100. The highest BCUT2D eigenvalue weighted by Gasteiger charge is 2.12. The largest absolute Gasteiger partial charge is 0.368 e. The van der Waals surface area contributed by atoms with Gasteiger partial charge in [0.05, 0.1) is 27.1 Å². The van der Waals surface area contributed by atoms with Gasteiger partial charge in [-0.25, -0.2) is 4.98 Å². The van der Waals surface area contributed by atoms with E-state index in [4.69, 9.17) is 40.5 Å². The summed E-state index contributed by atoms with van der Waals surface area (Å²) in [5, 5.41) is 4.19. The number of fused-ring (bicyclic) bond motifs is 1. The zero-order valence-corrected chi connectivity index (χ0v) is 12.1. The third-order valence-corrected chi connectivity index (χ3v) is 3.60. The highest BCUT2D eigenvalue weighted by atomic mass is 35.5. The van der Waals surface area contributed by atoms with Crippen LogP contribution in [-0.4, -0.2) is 19.9 Å². The van der Waals surface area contributed by atoms with Crippen molar-refractivity contribution in [1.29, 1.82) is 0 Å². The van der Waals surface area contributed by atoms with Crippen LogP contribution >= 0.6 is 34.8 Å². The predicted molar refractivity (Wildman–Crippen MR) is 80.9 cm³/mol. The summed E-state index contributed by atoms with van der Waals surface area (Å²) >= 11 is 18.0. The van der Waals surface area contributed by atoms with Crippen LogP contribution in [0.4, 0.5) is 17.5 Å². The van der Waals surface area contributed by atoms with Gasteiger partial charge in [-0.15, -0.1) is 0 Å². The number of imidazole rings is 1. The molecule has 0 saturated carbocycles. The summed E-state index contributed by atoms with van der Waals surface area (Å²) in [5.74, 6) is 0.550. The smallest absolute Gasteiger partial charge is 0.224 e. The fourth-order valence-corrected chi connectivity index (χ4v) is 2.28. The summed E-state index contributed by atoms with van der Waals surface area (Å²) in [6, 6.07) is 3.15.